The number of nitro benzene ring substituents is 1. The number of thioether (sulfide) groups is 1. The number of aromatic nitrogens is 1. The van der Waals surface area contributed by atoms with Gasteiger partial charge in [-0.25, -0.2) is 9.83 Å². The third-order valence-electron chi connectivity index (χ3n) is 4.26. The van der Waals surface area contributed by atoms with Gasteiger partial charge in [-0.15, -0.1) is 0 Å². The number of hydrogen-bond donors (Lipinski definition) is 1. The van der Waals surface area contributed by atoms with Crippen molar-refractivity contribution in [2.45, 2.75) is 5.03 Å². The Kier molecular flexibility index (Phi) is 6.51. The molecule has 0 radical (unpaired) electrons. The van der Waals surface area contributed by atoms with Gasteiger partial charge in [0.1, 0.15) is 16.9 Å². The summed E-state index contributed by atoms with van der Waals surface area (Å²) in [4.78, 5) is 30.7. The van der Waals surface area contributed by atoms with Crippen molar-refractivity contribution < 1.29 is 9.72 Å². The summed E-state index contributed by atoms with van der Waals surface area (Å²) >= 11 is 6.86. The average molecular weight is 450 g/mol. The molecule has 3 rings (SSSR count). The van der Waals surface area contributed by atoms with Crippen molar-refractivity contribution in [2.75, 3.05) is 11.5 Å². The van der Waals surface area contributed by atoms with Crippen LogP contribution in [-0.4, -0.2) is 21.4 Å². The van der Waals surface area contributed by atoms with E-state index in [0.29, 0.717) is 16.1 Å². The van der Waals surface area contributed by atoms with Crippen LogP contribution in [0.15, 0.2) is 53.6 Å². The second-order valence-corrected chi connectivity index (χ2v) is 7.52. The zero-order valence-electron chi connectivity index (χ0n) is 15.7. The summed E-state index contributed by atoms with van der Waals surface area (Å²) in [6.45, 7) is 7.45. The van der Waals surface area contributed by atoms with E-state index in [2.05, 4.69) is 9.83 Å². The number of nitro groups is 1. The maximum absolute atomic E-state index is 12.6. The number of rotatable bonds is 6. The number of halogens is 1. The number of carbonyl (C=O) groups is 1. The number of hydrogen-bond acceptors (Lipinski definition) is 7. The van der Waals surface area contributed by atoms with Crippen molar-refractivity contribution in [3.05, 3.63) is 86.2 Å². The van der Waals surface area contributed by atoms with E-state index in [4.69, 9.17) is 23.9 Å². The summed E-state index contributed by atoms with van der Waals surface area (Å²) in [5.74, 6) is -0.785. The van der Waals surface area contributed by atoms with Gasteiger partial charge in [-0.2, -0.15) is 5.26 Å². The molecule has 1 heterocycles. The van der Waals surface area contributed by atoms with Crippen molar-refractivity contribution in [2.24, 2.45) is 0 Å². The van der Waals surface area contributed by atoms with E-state index in [9.17, 15) is 20.2 Å². The van der Waals surface area contributed by atoms with Crippen molar-refractivity contribution in [3.63, 3.8) is 0 Å². The zero-order valence-corrected chi connectivity index (χ0v) is 17.3. The number of nitrogen functional groups attached to an aromatic ring is 1. The Labute approximate surface area is 186 Å². The Hall–Kier alpha value is -3.92. The van der Waals surface area contributed by atoms with Crippen LogP contribution in [0.5, 0.6) is 0 Å². The third-order valence-corrected chi connectivity index (χ3v) is 5.49. The van der Waals surface area contributed by atoms with Crippen LogP contribution in [0.1, 0.15) is 15.9 Å². The minimum atomic E-state index is -0.627. The molecule has 8 nitrogen and oxygen atoms in total. The SMILES string of the molecule is [C-]#[N+]c1c(N)nc(SCC(=O)c2ccccc2[N+](=O)[O-])c(C#N)c1-c1ccc(Cl)cc1. The summed E-state index contributed by atoms with van der Waals surface area (Å²) in [5.41, 5.74) is 6.57. The number of carbonyl (C=O) groups excluding carboxylic acids is 1. The molecule has 0 unspecified atom stereocenters. The van der Waals surface area contributed by atoms with Gasteiger partial charge in [0.2, 0.25) is 5.69 Å². The highest BCUT2D eigenvalue weighted by molar-refractivity contribution is 8.00. The second kappa shape index (κ2) is 9.26. The van der Waals surface area contributed by atoms with Crippen molar-refractivity contribution in [1.29, 1.82) is 5.26 Å². The number of nitriles is 1. The summed E-state index contributed by atoms with van der Waals surface area (Å²) in [5, 5.41) is 21.6. The Morgan fingerprint density at radius 3 is 2.58 bits per heavy atom. The average Bonchev–Trinajstić information content (AvgIpc) is 2.77. The zero-order chi connectivity index (χ0) is 22.5. The van der Waals surface area contributed by atoms with Crippen LogP contribution >= 0.6 is 23.4 Å². The molecule has 152 valence electrons. The van der Waals surface area contributed by atoms with Crippen LogP contribution in [0.2, 0.25) is 5.02 Å². The van der Waals surface area contributed by atoms with E-state index in [0.717, 1.165) is 11.8 Å². The van der Waals surface area contributed by atoms with Gasteiger partial charge in [0.15, 0.2) is 5.78 Å². The predicted octanol–water partition coefficient (Wildman–Crippen LogP) is 5.29. The molecule has 0 saturated carbocycles. The van der Waals surface area contributed by atoms with Gasteiger partial charge in [-0.05, 0) is 23.8 Å². The summed E-state index contributed by atoms with van der Waals surface area (Å²) in [6, 6.07) is 14.2. The summed E-state index contributed by atoms with van der Waals surface area (Å²) in [7, 11) is 0. The summed E-state index contributed by atoms with van der Waals surface area (Å²) < 4.78 is 0. The monoisotopic (exact) mass is 449 g/mol. The molecule has 0 fully saturated rings. The van der Waals surface area contributed by atoms with Crippen LogP contribution in [0.3, 0.4) is 0 Å². The van der Waals surface area contributed by atoms with Crippen LogP contribution in [0.25, 0.3) is 16.0 Å². The van der Waals surface area contributed by atoms with Crippen molar-refractivity contribution >= 4 is 46.3 Å². The first kappa shape index (κ1) is 21.8. The van der Waals surface area contributed by atoms with Gasteiger partial charge in [0.05, 0.1) is 28.4 Å². The number of pyridine rings is 1. The van der Waals surface area contributed by atoms with Crippen LogP contribution in [0, 0.1) is 28.0 Å². The van der Waals surface area contributed by atoms with E-state index in [1.165, 1.54) is 24.3 Å². The molecule has 0 aliphatic heterocycles. The molecule has 2 aromatic carbocycles. The molecular weight excluding hydrogens is 438 g/mol. The highest BCUT2D eigenvalue weighted by atomic mass is 35.5. The topological polar surface area (TPSA) is 127 Å². The highest BCUT2D eigenvalue weighted by Gasteiger charge is 2.23. The van der Waals surface area contributed by atoms with E-state index >= 15 is 0 Å². The van der Waals surface area contributed by atoms with Gasteiger partial charge in [0.25, 0.3) is 5.69 Å². The quantitative estimate of drug-likeness (QED) is 0.178. The number of anilines is 1. The maximum atomic E-state index is 12.6. The standard InChI is InChI=1S/C21H12ClN5O3S/c1-25-19-18(12-6-8-13(22)9-7-12)15(10-23)21(26-20(19)24)31-11-17(28)14-4-2-3-5-16(14)27(29)30/h2-9H,11H2,(H2,24,26). The minimum Gasteiger partial charge on any atom is -0.392 e. The fourth-order valence-electron chi connectivity index (χ4n) is 2.87. The maximum Gasteiger partial charge on any atom is 0.280 e. The fourth-order valence-corrected chi connectivity index (χ4v) is 3.88. The molecule has 0 aliphatic carbocycles. The molecule has 10 heteroatoms. The Morgan fingerprint density at radius 2 is 1.97 bits per heavy atom. The van der Waals surface area contributed by atoms with Gasteiger partial charge < -0.3 is 5.73 Å². The predicted molar refractivity (Wildman–Crippen MR) is 118 cm³/mol. The number of Topliss-reactive ketones (excluding diaryl/α,β-unsaturated/α-hetero) is 1. The van der Waals surface area contributed by atoms with Crippen LogP contribution < -0.4 is 5.73 Å². The van der Waals surface area contributed by atoms with Crippen molar-refractivity contribution in [3.8, 4) is 17.2 Å². The lowest BCUT2D eigenvalue weighted by atomic mass is 10.00. The van der Waals surface area contributed by atoms with Gasteiger partial charge in [0, 0.05) is 16.7 Å². The van der Waals surface area contributed by atoms with E-state index in [1.54, 1.807) is 24.3 Å². The molecule has 1 aromatic heterocycles. The van der Waals surface area contributed by atoms with Gasteiger partial charge in [-0.1, -0.05) is 47.6 Å². The normalized spacial score (nSPS) is 10.2. The van der Waals surface area contributed by atoms with E-state index in [-0.39, 0.29) is 39.1 Å². The molecular formula is C21H12ClN5O3S. The first-order valence-electron chi connectivity index (χ1n) is 8.63. The Bertz CT molecular complexity index is 1280. The molecule has 31 heavy (non-hydrogen) atoms. The number of para-hydroxylation sites is 1. The fraction of sp³-hybridized carbons (Fsp3) is 0.0476. The molecule has 3 aromatic rings. The van der Waals surface area contributed by atoms with E-state index < -0.39 is 10.7 Å². The lowest BCUT2D eigenvalue weighted by Gasteiger charge is -2.13. The number of nitrogens with zero attached hydrogens (tertiary/aromatic N) is 4. The lowest BCUT2D eigenvalue weighted by Crippen LogP contribution is -2.07. The number of benzene rings is 2. The Balaban J connectivity index is 2.02. The van der Waals surface area contributed by atoms with E-state index in [1.807, 2.05) is 6.07 Å². The molecule has 0 atom stereocenters. The lowest BCUT2D eigenvalue weighted by molar-refractivity contribution is -0.385. The highest BCUT2D eigenvalue weighted by Crippen LogP contribution is 2.41. The third kappa shape index (κ3) is 4.48. The van der Waals surface area contributed by atoms with Crippen molar-refractivity contribution in [1.82, 2.24) is 4.98 Å². The minimum absolute atomic E-state index is 0.0215. The Morgan fingerprint density at radius 1 is 1.29 bits per heavy atom. The molecule has 0 bridgehead atoms. The molecule has 0 amide bonds. The largest absolute Gasteiger partial charge is 0.392 e. The van der Waals surface area contributed by atoms with Crippen LogP contribution in [0.4, 0.5) is 17.2 Å². The number of nitrogens with two attached hydrogens (primary N) is 1. The molecule has 0 spiro atoms. The summed E-state index contributed by atoms with van der Waals surface area (Å²) in [6.07, 6.45) is 0. The van der Waals surface area contributed by atoms with Crippen LogP contribution in [-0.2, 0) is 0 Å². The molecule has 0 saturated heterocycles. The van der Waals surface area contributed by atoms with Gasteiger partial charge in [-0.3, -0.25) is 14.9 Å². The second-order valence-electron chi connectivity index (χ2n) is 6.12. The van der Waals surface area contributed by atoms with Gasteiger partial charge >= 0.3 is 0 Å². The first-order valence-corrected chi connectivity index (χ1v) is 10.00. The first-order chi connectivity index (χ1) is 14.9. The molecule has 2 N–H and O–H groups in total. The number of ketones is 1. The molecule has 0 aliphatic rings. The smallest absolute Gasteiger partial charge is 0.280 e.